The largest absolute Gasteiger partial charge is 0.459 e. The SMILES string of the molecule is N#Cc1nc(-c2ccco2)oc1N1CCN(C(=O)COC(=O)c2ccc(N3CCCC3)nn2)CC1. The number of aromatic nitrogens is 3. The molecule has 0 saturated carbocycles. The van der Waals surface area contributed by atoms with Crippen LogP contribution in [0.4, 0.5) is 11.7 Å². The molecule has 5 heterocycles. The topological polar surface area (TPSA) is 142 Å². The monoisotopic (exact) mass is 477 g/mol. The van der Waals surface area contributed by atoms with Crippen molar-refractivity contribution in [3.8, 4) is 17.7 Å². The van der Waals surface area contributed by atoms with E-state index in [-0.39, 0.29) is 29.8 Å². The number of carbonyl (C=O) groups excluding carboxylic acids is 2. The molecule has 2 aliphatic heterocycles. The number of rotatable bonds is 6. The maximum atomic E-state index is 12.6. The molecular formula is C23H23N7O5. The minimum Gasteiger partial charge on any atom is -0.459 e. The number of hydrogen-bond acceptors (Lipinski definition) is 11. The summed E-state index contributed by atoms with van der Waals surface area (Å²) in [6.07, 6.45) is 3.73. The van der Waals surface area contributed by atoms with Gasteiger partial charge in [-0.15, -0.1) is 10.2 Å². The van der Waals surface area contributed by atoms with Crippen molar-refractivity contribution in [2.75, 3.05) is 55.7 Å². The van der Waals surface area contributed by atoms with Crippen molar-refractivity contribution in [3.05, 3.63) is 41.9 Å². The Hall–Kier alpha value is -4.40. The Labute approximate surface area is 200 Å². The number of ether oxygens (including phenoxy) is 1. The van der Waals surface area contributed by atoms with Gasteiger partial charge in [-0.2, -0.15) is 10.2 Å². The average molecular weight is 477 g/mol. The van der Waals surface area contributed by atoms with Crippen LogP contribution in [0.3, 0.4) is 0 Å². The van der Waals surface area contributed by atoms with Crippen molar-refractivity contribution in [1.29, 1.82) is 5.26 Å². The molecule has 0 atom stereocenters. The van der Waals surface area contributed by atoms with Gasteiger partial charge in [0.15, 0.2) is 23.9 Å². The number of hydrogen-bond donors (Lipinski definition) is 0. The molecule has 2 saturated heterocycles. The van der Waals surface area contributed by atoms with E-state index in [4.69, 9.17) is 13.6 Å². The fraction of sp³-hybridized carbons (Fsp3) is 0.391. The van der Waals surface area contributed by atoms with Crippen LogP contribution in [0.1, 0.15) is 29.0 Å². The molecule has 35 heavy (non-hydrogen) atoms. The fourth-order valence-corrected chi connectivity index (χ4v) is 4.11. The first-order valence-corrected chi connectivity index (χ1v) is 11.4. The van der Waals surface area contributed by atoms with Crippen LogP contribution in [0.15, 0.2) is 39.4 Å². The molecule has 3 aromatic heterocycles. The summed E-state index contributed by atoms with van der Waals surface area (Å²) in [7, 11) is 0. The summed E-state index contributed by atoms with van der Waals surface area (Å²) < 4.78 is 16.2. The van der Waals surface area contributed by atoms with Crippen LogP contribution in [-0.4, -0.2) is 77.8 Å². The van der Waals surface area contributed by atoms with Crippen LogP contribution in [0.25, 0.3) is 11.7 Å². The minimum absolute atomic E-state index is 0.0623. The summed E-state index contributed by atoms with van der Waals surface area (Å²) in [4.78, 5) is 34.6. The highest BCUT2D eigenvalue weighted by Gasteiger charge is 2.27. The second-order valence-corrected chi connectivity index (χ2v) is 8.18. The lowest BCUT2D eigenvalue weighted by Gasteiger charge is -2.34. The third kappa shape index (κ3) is 4.79. The van der Waals surface area contributed by atoms with E-state index in [1.807, 2.05) is 11.0 Å². The van der Waals surface area contributed by atoms with Crippen LogP contribution in [0.5, 0.6) is 0 Å². The van der Waals surface area contributed by atoms with Crippen LogP contribution < -0.4 is 9.80 Å². The highest BCUT2D eigenvalue weighted by molar-refractivity contribution is 5.89. The van der Waals surface area contributed by atoms with Crippen molar-refractivity contribution in [1.82, 2.24) is 20.1 Å². The molecule has 0 aliphatic carbocycles. The number of carbonyl (C=O) groups is 2. The number of amides is 1. The minimum atomic E-state index is -0.691. The maximum absolute atomic E-state index is 12.6. The molecule has 0 bridgehead atoms. The lowest BCUT2D eigenvalue weighted by Crippen LogP contribution is -2.50. The Bertz CT molecular complexity index is 1220. The van der Waals surface area contributed by atoms with Gasteiger partial charge in [0.05, 0.1) is 6.26 Å². The van der Waals surface area contributed by atoms with Gasteiger partial charge in [-0.25, -0.2) is 4.79 Å². The van der Waals surface area contributed by atoms with Crippen molar-refractivity contribution in [3.63, 3.8) is 0 Å². The first kappa shape index (κ1) is 22.4. The van der Waals surface area contributed by atoms with E-state index in [2.05, 4.69) is 20.1 Å². The second kappa shape index (κ2) is 9.84. The van der Waals surface area contributed by atoms with Gasteiger partial charge in [0.25, 0.3) is 11.8 Å². The van der Waals surface area contributed by atoms with Crippen LogP contribution in [0, 0.1) is 11.3 Å². The van der Waals surface area contributed by atoms with E-state index < -0.39 is 5.97 Å². The van der Waals surface area contributed by atoms with Gasteiger partial charge in [0, 0.05) is 39.3 Å². The molecule has 0 radical (unpaired) electrons. The second-order valence-electron chi connectivity index (χ2n) is 8.18. The quantitative estimate of drug-likeness (QED) is 0.479. The molecule has 12 heteroatoms. The molecule has 2 aliphatic rings. The van der Waals surface area contributed by atoms with E-state index in [1.54, 1.807) is 29.2 Å². The molecular weight excluding hydrogens is 454 g/mol. The number of nitrogens with zero attached hydrogens (tertiary/aromatic N) is 7. The first-order valence-electron chi connectivity index (χ1n) is 11.4. The Balaban J connectivity index is 1.12. The van der Waals surface area contributed by atoms with E-state index in [1.165, 1.54) is 6.26 Å². The lowest BCUT2D eigenvalue weighted by molar-refractivity contribution is -0.134. The summed E-state index contributed by atoms with van der Waals surface area (Å²) in [6.45, 7) is 3.10. The van der Waals surface area contributed by atoms with Crippen LogP contribution in [-0.2, 0) is 9.53 Å². The normalized spacial score (nSPS) is 15.8. The summed E-state index contributed by atoms with van der Waals surface area (Å²) in [6, 6.07) is 8.75. The van der Waals surface area contributed by atoms with Gasteiger partial charge >= 0.3 is 5.97 Å². The molecule has 0 aromatic carbocycles. The fourth-order valence-electron chi connectivity index (χ4n) is 4.11. The Kier molecular flexibility index (Phi) is 6.30. The van der Waals surface area contributed by atoms with Gasteiger partial charge in [-0.1, -0.05) is 0 Å². The number of esters is 1. The van der Waals surface area contributed by atoms with Crippen LogP contribution >= 0.6 is 0 Å². The number of nitriles is 1. The molecule has 1 amide bonds. The molecule has 12 nitrogen and oxygen atoms in total. The summed E-state index contributed by atoms with van der Waals surface area (Å²) in [5, 5.41) is 17.5. The molecule has 180 valence electrons. The number of piperazine rings is 1. The molecule has 3 aromatic rings. The van der Waals surface area contributed by atoms with E-state index in [0.717, 1.165) is 31.7 Å². The molecule has 0 spiro atoms. The summed E-state index contributed by atoms with van der Waals surface area (Å²) >= 11 is 0. The predicted molar refractivity (Wildman–Crippen MR) is 121 cm³/mol. The van der Waals surface area contributed by atoms with Crippen molar-refractivity contribution >= 4 is 23.6 Å². The highest BCUT2D eigenvalue weighted by atomic mass is 16.5. The van der Waals surface area contributed by atoms with Crippen molar-refractivity contribution < 1.29 is 23.2 Å². The first-order chi connectivity index (χ1) is 17.1. The predicted octanol–water partition coefficient (Wildman–Crippen LogP) is 1.70. The van der Waals surface area contributed by atoms with Crippen molar-refractivity contribution in [2.24, 2.45) is 0 Å². The highest BCUT2D eigenvalue weighted by Crippen LogP contribution is 2.29. The van der Waals surface area contributed by atoms with Gasteiger partial charge in [0.2, 0.25) is 11.6 Å². The average Bonchev–Trinajstić information content (AvgIpc) is 3.69. The van der Waals surface area contributed by atoms with Gasteiger partial charge in [-0.3, -0.25) is 4.79 Å². The zero-order chi connectivity index (χ0) is 24.2. The van der Waals surface area contributed by atoms with Gasteiger partial charge in [-0.05, 0) is 37.1 Å². The van der Waals surface area contributed by atoms with E-state index in [0.29, 0.717) is 37.8 Å². The molecule has 0 unspecified atom stereocenters. The third-order valence-electron chi connectivity index (χ3n) is 5.98. The number of anilines is 2. The maximum Gasteiger partial charge on any atom is 0.359 e. The smallest absolute Gasteiger partial charge is 0.359 e. The van der Waals surface area contributed by atoms with Gasteiger partial charge < -0.3 is 28.3 Å². The molecule has 2 fully saturated rings. The number of furan rings is 1. The molecule has 0 N–H and O–H groups in total. The molecule has 5 rings (SSSR count). The Morgan fingerprint density at radius 1 is 1.03 bits per heavy atom. The van der Waals surface area contributed by atoms with E-state index >= 15 is 0 Å². The Morgan fingerprint density at radius 2 is 1.83 bits per heavy atom. The number of oxazole rings is 1. The summed E-state index contributed by atoms with van der Waals surface area (Å²) in [5.74, 6) is 0.725. The Morgan fingerprint density at radius 3 is 2.49 bits per heavy atom. The van der Waals surface area contributed by atoms with Crippen molar-refractivity contribution in [2.45, 2.75) is 12.8 Å². The lowest BCUT2D eigenvalue weighted by atomic mass is 10.3. The zero-order valence-corrected chi connectivity index (χ0v) is 18.9. The van der Waals surface area contributed by atoms with Crippen LogP contribution in [0.2, 0.25) is 0 Å². The summed E-state index contributed by atoms with van der Waals surface area (Å²) in [5.41, 5.74) is 0.217. The zero-order valence-electron chi connectivity index (χ0n) is 18.9. The standard InChI is InChI=1S/C23H23N7O5/c24-14-17-22(35-21(25-17)18-4-3-13-33-18)30-11-9-29(10-12-30)20(31)15-34-23(32)16-5-6-19(27-26-16)28-7-1-2-8-28/h3-6,13H,1-2,7-12,15H2. The third-order valence-corrected chi connectivity index (χ3v) is 5.98. The van der Waals surface area contributed by atoms with E-state index in [9.17, 15) is 14.9 Å². The van der Waals surface area contributed by atoms with Gasteiger partial charge in [0.1, 0.15) is 6.07 Å².